The van der Waals surface area contributed by atoms with Gasteiger partial charge in [0.05, 0.1) is 35.8 Å². The Balaban J connectivity index is 1.61. The summed E-state index contributed by atoms with van der Waals surface area (Å²) in [5.41, 5.74) is 0.610. The lowest BCUT2D eigenvalue weighted by molar-refractivity contribution is -0.113. The van der Waals surface area contributed by atoms with E-state index < -0.39 is 11.6 Å². The fourth-order valence-electron chi connectivity index (χ4n) is 3.20. The zero-order chi connectivity index (χ0) is 20.8. The molecular weight excluding hydrogens is 395 g/mol. The molecule has 1 amide bonds. The predicted molar refractivity (Wildman–Crippen MR) is 111 cm³/mol. The molecule has 1 fully saturated rings. The van der Waals surface area contributed by atoms with Crippen molar-refractivity contribution in [1.29, 1.82) is 0 Å². The standard InChI is InChI=1S/C20H25FN4O3S/c1-14-18(19(27)15-5-3-4-6-16(15)21)20(24(2)23-14)22-17(26)13-29-12-9-25-7-10-28-11-8-25/h3-6H,7-13H2,1-2H3,(H,22,26). The van der Waals surface area contributed by atoms with Gasteiger partial charge in [-0.2, -0.15) is 16.9 Å². The largest absolute Gasteiger partial charge is 0.379 e. The normalized spacial score (nSPS) is 14.7. The van der Waals surface area contributed by atoms with Crippen LogP contribution in [0.25, 0.3) is 0 Å². The smallest absolute Gasteiger partial charge is 0.235 e. The minimum absolute atomic E-state index is 0.0426. The zero-order valence-electron chi connectivity index (χ0n) is 16.6. The predicted octanol–water partition coefficient (Wildman–Crippen LogP) is 2.10. The van der Waals surface area contributed by atoms with E-state index in [0.29, 0.717) is 5.69 Å². The molecule has 0 radical (unpaired) electrons. The molecule has 1 aliphatic rings. The third-order valence-electron chi connectivity index (χ3n) is 4.71. The molecule has 1 saturated heterocycles. The SMILES string of the molecule is Cc1nn(C)c(NC(=O)CSCCN2CCOCC2)c1C(=O)c1ccccc1F. The van der Waals surface area contributed by atoms with E-state index in [1.54, 1.807) is 20.0 Å². The van der Waals surface area contributed by atoms with Gasteiger partial charge in [0.2, 0.25) is 11.7 Å². The number of amides is 1. The van der Waals surface area contributed by atoms with Crippen molar-refractivity contribution in [2.45, 2.75) is 6.92 Å². The van der Waals surface area contributed by atoms with E-state index in [-0.39, 0.29) is 28.6 Å². The highest BCUT2D eigenvalue weighted by molar-refractivity contribution is 7.99. The lowest BCUT2D eigenvalue weighted by atomic mass is 10.0. The molecule has 0 saturated carbocycles. The number of carbonyl (C=O) groups is 2. The first-order valence-electron chi connectivity index (χ1n) is 9.48. The number of morpholine rings is 1. The number of hydrogen-bond donors (Lipinski definition) is 1. The number of rotatable bonds is 8. The second kappa shape index (κ2) is 10.00. The van der Waals surface area contributed by atoms with Crippen LogP contribution in [0.15, 0.2) is 24.3 Å². The number of thioether (sulfide) groups is 1. The van der Waals surface area contributed by atoms with E-state index >= 15 is 0 Å². The number of nitrogens with one attached hydrogen (secondary N) is 1. The van der Waals surface area contributed by atoms with Crippen LogP contribution in [0.4, 0.5) is 10.2 Å². The minimum atomic E-state index is -0.600. The maximum atomic E-state index is 14.1. The van der Waals surface area contributed by atoms with Crippen LogP contribution in [-0.2, 0) is 16.6 Å². The van der Waals surface area contributed by atoms with Gasteiger partial charge < -0.3 is 10.1 Å². The number of hydrogen-bond acceptors (Lipinski definition) is 6. The van der Waals surface area contributed by atoms with Gasteiger partial charge in [0.1, 0.15) is 11.6 Å². The van der Waals surface area contributed by atoms with Crippen LogP contribution in [-0.4, -0.2) is 70.7 Å². The summed E-state index contributed by atoms with van der Waals surface area (Å²) in [6, 6.07) is 5.80. The number of aromatic nitrogens is 2. The van der Waals surface area contributed by atoms with Crippen molar-refractivity contribution in [3.05, 3.63) is 46.9 Å². The van der Waals surface area contributed by atoms with Crippen molar-refractivity contribution in [2.24, 2.45) is 7.05 Å². The molecule has 0 spiro atoms. The molecule has 0 atom stereocenters. The third kappa shape index (κ3) is 5.43. The first-order valence-corrected chi connectivity index (χ1v) is 10.6. The second-order valence-electron chi connectivity index (χ2n) is 6.80. The molecule has 7 nitrogen and oxygen atoms in total. The number of ketones is 1. The van der Waals surface area contributed by atoms with Crippen molar-refractivity contribution < 1.29 is 18.7 Å². The van der Waals surface area contributed by atoms with Gasteiger partial charge in [-0.1, -0.05) is 12.1 Å². The van der Waals surface area contributed by atoms with E-state index in [1.807, 2.05) is 0 Å². The average Bonchev–Trinajstić information content (AvgIpc) is 2.99. The first kappa shape index (κ1) is 21.5. The Bertz CT molecular complexity index is 881. The monoisotopic (exact) mass is 420 g/mol. The highest BCUT2D eigenvalue weighted by Crippen LogP contribution is 2.24. The van der Waals surface area contributed by atoms with E-state index in [1.165, 1.54) is 34.6 Å². The number of aryl methyl sites for hydroxylation is 2. The highest BCUT2D eigenvalue weighted by Gasteiger charge is 2.24. The van der Waals surface area contributed by atoms with E-state index in [4.69, 9.17) is 4.74 Å². The molecule has 1 aromatic carbocycles. The van der Waals surface area contributed by atoms with Crippen molar-refractivity contribution in [3.63, 3.8) is 0 Å². The Morgan fingerprint density at radius 3 is 2.72 bits per heavy atom. The first-order chi connectivity index (χ1) is 14.0. The van der Waals surface area contributed by atoms with E-state index in [2.05, 4.69) is 15.3 Å². The molecule has 29 heavy (non-hydrogen) atoms. The summed E-state index contributed by atoms with van der Waals surface area (Å²) in [7, 11) is 1.65. The molecule has 1 N–H and O–H groups in total. The number of carbonyl (C=O) groups excluding carboxylic acids is 2. The van der Waals surface area contributed by atoms with Gasteiger partial charge in [-0.05, 0) is 19.1 Å². The fraction of sp³-hybridized carbons (Fsp3) is 0.450. The van der Waals surface area contributed by atoms with E-state index in [9.17, 15) is 14.0 Å². The van der Waals surface area contributed by atoms with Crippen LogP contribution < -0.4 is 5.32 Å². The maximum absolute atomic E-state index is 14.1. The van der Waals surface area contributed by atoms with Crippen LogP contribution in [0, 0.1) is 12.7 Å². The summed E-state index contributed by atoms with van der Waals surface area (Å²) in [5.74, 6) is 0.0681. The number of benzene rings is 1. The van der Waals surface area contributed by atoms with Gasteiger partial charge in [-0.25, -0.2) is 4.39 Å². The molecule has 3 rings (SSSR count). The number of halogens is 1. The Morgan fingerprint density at radius 2 is 2.00 bits per heavy atom. The summed E-state index contributed by atoms with van der Waals surface area (Å²) in [6.07, 6.45) is 0. The fourth-order valence-corrected chi connectivity index (χ4v) is 3.99. The molecular formula is C20H25FN4O3S. The van der Waals surface area contributed by atoms with Gasteiger partial charge in [0.15, 0.2) is 0 Å². The quantitative estimate of drug-likeness (QED) is 0.521. The summed E-state index contributed by atoms with van der Waals surface area (Å²) in [4.78, 5) is 27.6. The van der Waals surface area contributed by atoms with Crippen LogP contribution >= 0.6 is 11.8 Å². The van der Waals surface area contributed by atoms with Crippen molar-refractivity contribution in [3.8, 4) is 0 Å². The topological polar surface area (TPSA) is 76.5 Å². The number of anilines is 1. The Hall–Kier alpha value is -2.23. The second-order valence-corrected chi connectivity index (χ2v) is 7.90. The number of nitrogens with zero attached hydrogens (tertiary/aromatic N) is 3. The maximum Gasteiger partial charge on any atom is 0.235 e. The number of ether oxygens (including phenoxy) is 1. The summed E-state index contributed by atoms with van der Waals surface area (Å²) >= 11 is 1.53. The Labute approximate surface area is 173 Å². The van der Waals surface area contributed by atoms with Crippen LogP contribution in [0.2, 0.25) is 0 Å². The van der Waals surface area contributed by atoms with Crippen molar-refractivity contribution in [2.75, 3.05) is 49.7 Å². The molecule has 9 heteroatoms. The van der Waals surface area contributed by atoms with Gasteiger partial charge in [-0.15, -0.1) is 0 Å². The minimum Gasteiger partial charge on any atom is -0.379 e. The van der Waals surface area contributed by atoms with Gasteiger partial charge >= 0.3 is 0 Å². The van der Waals surface area contributed by atoms with Gasteiger partial charge in [0, 0.05) is 32.4 Å². The summed E-state index contributed by atoms with van der Waals surface area (Å²) in [5, 5.41) is 7.00. The van der Waals surface area contributed by atoms with Gasteiger partial charge in [0.25, 0.3) is 0 Å². The van der Waals surface area contributed by atoms with Crippen molar-refractivity contribution in [1.82, 2.24) is 14.7 Å². The van der Waals surface area contributed by atoms with Crippen LogP contribution in [0.3, 0.4) is 0 Å². The molecule has 0 aliphatic carbocycles. The molecule has 1 aliphatic heterocycles. The lowest BCUT2D eigenvalue weighted by Gasteiger charge is -2.26. The van der Waals surface area contributed by atoms with E-state index in [0.717, 1.165) is 38.6 Å². The molecule has 2 aromatic rings. The summed E-state index contributed by atoms with van der Waals surface area (Å²) < 4.78 is 20.8. The molecule has 1 aromatic heterocycles. The summed E-state index contributed by atoms with van der Waals surface area (Å²) in [6.45, 7) is 5.92. The van der Waals surface area contributed by atoms with Gasteiger partial charge in [-0.3, -0.25) is 19.2 Å². The molecule has 2 heterocycles. The van der Waals surface area contributed by atoms with Crippen molar-refractivity contribution >= 4 is 29.3 Å². The third-order valence-corrected chi connectivity index (χ3v) is 5.65. The highest BCUT2D eigenvalue weighted by atomic mass is 32.2. The zero-order valence-corrected chi connectivity index (χ0v) is 17.4. The molecule has 156 valence electrons. The molecule has 0 bridgehead atoms. The van der Waals surface area contributed by atoms with Crippen LogP contribution in [0.5, 0.6) is 0 Å². The Morgan fingerprint density at radius 1 is 1.28 bits per heavy atom. The molecule has 0 unspecified atom stereocenters. The lowest BCUT2D eigenvalue weighted by Crippen LogP contribution is -2.37. The average molecular weight is 421 g/mol. The van der Waals surface area contributed by atoms with Crippen LogP contribution in [0.1, 0.15) is 21.6 Å². The Kier molecular flexibility index (Phi) is 7.40.